The lowest BCUT2D eigenvalue weighted by Gasteiger charge is -2.15. The second-order valence-electron chi connectivity index (χ2n) is 7.58. The monoisotopic (exact) mass is 476 g/mol. The molecule has 34 heavy (non-hydrogen) atoms. The maximum Gasteiger partial charge on any atom is 0.265 e. The largest absolute Gasteiger partial charge is 0.497 e. The van der Waals surface area contributed by atoms with Gasteiger partial charge in [0.05, 0.1) is 17.7 Å². The molecule has 0 saturated heterocycles. The van der Waals surface area contributed by atoms with Crippen molar-refractivity contribution in [2.75, 3.05) is 17.1 Å². The fraction of sp³-hybridized carbons (Fsp3) is 0.115. The summed E-state index contributed by atoms with van der Waals surface area (Å²) in [4.78, 5) is 12.6. The normalized spacial score (nSPS) is 12.1. The molecule has 7 nitrogen and oxygen atoms in total. The van der Waals surface area contributed by atoms with E-state index in [0.29, 0.717) is 22.9 Å². The first-order chi connectivity index (χ1) is 16.4. The minimum Gasteiger partial charge on any atom is -0.497 e. The van der Waals surface area contributed by atoms with Crippen molar-refractivity contribution in [3.8, 4) is 11.5 Å². The van der Waals surface area contributed by atoms with Crippen LogP contribution < -0.4 is 19.5 Å². The first kappa shape index (κ1) is 23.1. The summed E-state index contributed by atoms with van der Waals surface area (Å²) in [6.07, 6.45) is -0.759. The Labute approximate surface area is 198 Å². The van der Waals surface area contributed by atoms with Gasteiger partial charge in [-0.25, -0.2) is 8.42 Å². The molecule has 4 aromatic rings. The smallest absolute Gasteiger partial charge is 0.265 e. The van der Waals surface area contributed by atoms with E-state index < -0.39 is 16.1 Å². The van der Waals surface area contributed by atoms with E-state index in [9.17, 15) is 13.2 Å². The van der Waals surface area contributed by atoms with Crippen molar-refractivity contribution in [2.24, 2.45) is 0 Å². The summed E-state index contributed by atoms with van der Waals surface area (Å²) in [6.45, 7) is 1.63. The van der Waals surface area contributed by atoms with Gasteiger partial charge < -0.3 is 14.8 Å². The minimum absolute atomic E-state index is 0.0842. The van der Waals surface area contributed by atoms with Gasteiger partial charge in [0.15, 0.2) is 6.10 Å². The number of carbonyl (C=O) groups excluding carboxylic acids is 1. The maximum atomic E-state index is 12.9. The molecule has 0 spiro atoms. The molecule has 0 fully saturated rings. The van der Waals surface area contributed by atoms with Crippen molar-refractivity contribution in [3.63, 3.8) is 0 Å². The van der Waals surface area contributed by atoms with Crippen LogP contribution in [0.2, 0.25) is 0 Å². The van der Waals surface area contributed by atoms with E-state index in [2.05, 4.69) is 10.0 Å². The van der Waals surface area contributed by atoms with Crippen LogP contribution in [0.15, 0.2) is 95.9 Å². The standard InChI is InChI=1S/C26H24N2O5S/c1-18(33-22-14-12-21(32-2)13-15-22)26(29)27-20-10-16-23(17-11-20)34(30,31)28-25-9-5-7-19-6-3-4-8-24(19)25/h3-18,28H,1-2H3,(H,27,29). The molecular formula is C26H24N2O5S. The summed E-state index contributed by atoms with van der Waals surface area (Å²) in [6, 6.07) is 25.9. The molecule has 0 saturated carbocycles. The van der Waals surface area contributed by atoms with Gasteiger partial charge in [0.1, 0.15) is 11.5 Å². The fourth-order valence-corrected chi connectivity index (χ4v) is 4.47. The van der Waals surface area contributed by atoms with Gasteiger partial charge in [-0.15, -0.1) is 0 Å². The lowest BCUT2D eigenvalue weighted by molar-refractivity contribution is -0.122. The van der Waals surface area contributed by atoms with Crippen molar-refractivity contribution >= 4 is 38.1 Å². The minimum atomic E-state index is -3.81. The summed E-state index contributed by atoms with van der Waals surface area (Å²) >= 11 is 0. The number of carbonyl (C=O) groups is 1. The zero-order valence-corrected chi connectivity index (χ0v) is 19.5. The molecule has 174 valence electrons. The van der Waals surface area contributed by atoms with E-state index in [1.807, 2.05) is 30.3 Å². The molecule has 1 unspecified atom stereocenters. The number of hydrogen-bond donors (Lipinski definition) is 2. The van der Waals surface area contributed by atoms with Crippen LogP contribution in [0.3, 0.4) is 0 Å². The Morgan fingerprint density at radius 3 is 2.18 bits per heavy atom. The lowest BCUT2D eigenvalue weighted by atomic mass is 10.1. The number of rotatable bonds is 8. The summed E-state index contributed by atoms with van der Waals surface area (Å²) in [5.74, 6) is 0.860. The predicted molar refractivity (Wildman–Crippen MR) is 133 cm³/mol. The zero-order valence-electron chi connectivity index (χ0n) is 18.7. The number of fused-ring (bicyclic) bond motifs is 1. The quantitative estimate of drug-likeness (QED) is 0.371. The van der Waals surface area contributed by atoms with Gasteiger partial charge >= 0.3 is 0 Å². The van der Waals surface area contributed by atoms with Crippen LogP contribution in [-0.4, -0.2) is 27.5 Å². The molecule has 1 atom stereocenters. The first-order valence-corrected chi connectivity index (χ1v) is 12.1. The van der Waals surface area contributed by atoms with Crippen LogP contribution in [-0.2, 0) is 14.8 Å². The number of benzene rings is 4. The Morgan fingerprint density at radius 2 is 1.47 bits per heavy atom. The third-order valence-electron chi connectivity index (χ3n) is 5.21. The number of ether oxygens (including phenoxy) is 2. The Bertz CT molecular complexity index is 1400. The van der Waals surface area contributed by atoms with E-state index in [1.165, 1.54) is 24.3 Å². The molecule has 0 heterocycles. The SMILES string of the molecule is COc1ccc(OC(C)C(=O)Nc2ccc(S(=O)(=O)Nc3cccc4ccccc34)cc2)cc1. The number of anilines is 2. The van der Waals surface area contributed by atoms with Gasteiger partial charge in [0, 0.05) is 11.1 Å². The highest BCUT2D eigenvalue weighted by Crippen LogP contribution is 2.26. The Hall–Kier alpha value is -4.04. The summed E-state index contributed by atoms with van der Waals surface area (Å²) < 4.78 is 39.2. The van der Waals surface area contributed by atoms with Gasteiger partial charge in [-0.1, -0.05) is 36.4 Å². The second kappa shape index (κ2) is 9.84. The van der Waals surface area contributed by atoms with Gasteiger partial charge in [-0.05, 0) is 66.9 Å². The Balaban J connectivity index is 1.42. The molecule has 0 aliphatic carbocycles. The summed E-state index contributed by atoms with van der Waals surface area (Å²) in [5.41, 5.74) is 0.958. The van der Waals surface area contributed by atoms with Crippen molar-refractivity contribution in [1.82, 2.24) is 0 Å². The highest BCUT2D eigenvalue weighted by molar-refractivity contribution is 7.92. The number of sulfonamides is 1. The third kappa shape index (κ3) is 5.29. The van der Waals surface area contributed by atoms with Gasteiger partial charge in [0.2, 0.25) is 0 Å². The van der Waals surface area contributed by atoms with E-state index >= 15 is 0 Å². The van der Waals surface area contributed by atoms with Crippen LogP contribution in [0.1, 0.15) is 6.92 Å². The predicted octanol–water partition coefficient (Wildman–Crippen LogP) is 5.06. The summed E-state index contributed by atoms with van der Waals surface area (Å²) in [5, 5.41) is 4.48. The molecule has 0 radical (unpaired) electrons. The van der Waals surface area contributed by atoms with Gasteiger partial charge in [-0.3, -0.25) is 9.52 Å². The number of methoxy groups -OCH3 is 1. The molecule has 2 N–H and O–H groups in total. The number of nitrogens with one attached hydrogen (secondary N) is 2. The Kier molecular flexibility index (Phi) is 6.70. The number of hydrogen-bond acceptors (Lipinski definition) is 5. The van der Waals surface area contributed by atoms with Gasteiger partial charge in [-0.2, -0.15) is 0 Å². The molecule has 0 aliphatic heterocycles. The second-order valence-corrected chi connectivity index (χ2v) is 9.26. The molecule has 0 bridgehead atoms. The average Bonchev–Trinajstić information content (AvgIpc) is 2.85. The molecule has 0 aromatic heterocycles. The van der Waals surface area contributed by atoms with Crippen LogP contribution in [0.4, 0.5) is 11.4 Å². The fourth-order valence-electron chi connectivity index (χ4n) is 3.39. The van der Waals surface area contributed by atoms with Crippen LogP contribution >= 0.6 is 0 Å². The van der Waals surface area contributed by atoms with E-state index in [0.717, 1.165) is 10.8 Å². The van der Waals surface area contributed by atoms with Crippen LogP contribution in [0.25, 0.3) is 10.8 Å². The third-order valence-corrected chi connectivity index (χ3v) is 6.59. The number of amides is 1. The molecule has 4 rings (SSSR count). The van der Waals surface area contributed by atoms with Crippen LogP contribution in [0.5, 0.6) is 11.5 Å². The van der Waals surface area contributed by atoms with Crippen molar-refractivity contribution in [2.45, 2.75) is 17.9 Å². The van der Waals surface area contributed by atoms with Crippen molar-refractivity contribution in [1.29, 1.82) is 0 Å². The van der Waals surface area contributed by atoms with Crippen molar-refractivity contribution < 1.29 is 22.7 Å². The highest BCUT2D eigenvalue weighted by Gasteiger charge is 2.18. The molecule has 0 aliphatic rings. The first-order valence-electron chi connectivity index (χ1n) is 10.6. The topological polar surface area (TPSA) is 93.7 Å². The molecular weight excluding hydrogens is 452 g/mol. The van der Waals surface area contributed by atoms with Crippen LogP contribution in [0, 0.1) is 0 Å². The zero-order chi connectivity index (χ0) is 24.1. The van der Waals surface area contributed by atoms with Gasteiger partial charge in [0.25, 0.3) is 15.9 Å². The summed E-state index contributed by atoms with van der Waals surface area (Å²) in [7, 11) is -2.24. The van der Waals surface area contributed by atoms with E-state index in [4.69, 9.17) is 9.47 Å². The Morgan fingerprint density at radius 1 is 0.824 bits per heavy atom. The lowest BCUT2D eigenvalue weighted by Crippen LogP contribution is -2.30. The molecule has 1 amide bonds. The van der Waals surface area contributed by atoms with E-state index in [1.54, 1.807) is 50.4 Å². The maximum absolute atomic E-state index is 12.9. The van der Waals surface area contributed by atoms with E-state index in [-0.39, 0.29) is 10.8 Å². The average molecular weight is 477 g/mol. The highest BCUT2D eigenvalue weighted by atomic mass is 32.2. The molecule has 8 heteroatoms. The van der Waals surface area contributed by atoms with Crippen molar-refractivity contribution in [3.05, 3.63) is 91.0 Å². The molecule has 4 aromatic carbocycles.